The summed E-state index contributed by atoms with van der Waals surface area (Å²) in [5, 5.41) is 10.0. The maximum absolute atomic E-state index is 2.42. The molecule has 9 rings (SSSR count). The van der Waals surface area contributed by atoms with Crippen molar-refractivity contribution in [3.05, 3.63) is 188 Å². The van der Waals surface area contributed by atoms with Crippen molar-refractivity contribution in [1.82, 2.24) is 0 Å². The van der Waals surface area contributed by atoms with Crippen LogP contribution in [0.25, 0.3) is 65.3 Å². The largest absolute Gasteiger partial charge is 0.310 e. The molecule has 0 heterocycles. The zero-order valence-corrected chi connectivity index (χ0v) is 25.8. The first-order valence-corrected chi connectivity index (χ1v) is 16.2. The van der Waals surface area contributed by atoms with Crippen molar-refractivity contribution in [2.24, 2.45) is 0 Å². The Labute approximate surface area is 274 Å². The van der Waals surface area contributed by atoms with Gasteiger partial charge in [-0.1, -0.05) is 152 Å². The van der Waals surface area contributed by atoms with Crippen molar-refractivity contribution in [2.45, 2.75) is 0 Å². The van der Waals surface area contributed by atoms with E-state index in [9.17, 15) is 0 Å². The molecule has 0 spiro atoms. The van der Waals surface area contributed by atoms with Crippen LogP contribution in [0, 0.1) is 0 Å². The SMILES string of the molecule is c1ccc(N(c2ccc(-c3cccc4ccccc34)cc2)c2ccc3ccccc3c2)c(-c2cc3ccccc3c3ccccc23)c1. The van der Waals surface area contributed by atoms with E-state index in [2.05, 4.69) is 193 Å². The molecule has 0 fully saturated rings. The molecule has 0 unspecified atom stereocenters. The highest BCUT2D eigenvalue weighted by Crippen LogP contribution is 2.45. The van der Waals surface area contributed by atoms with Crippen LogP contribution in [0.15, 0.2) is 188 Å². The van der Waals surface area contributed by atoms with Crippen LogP contribution in [-0.4, -0.2) is 0 Å². The smallest absolute Gasteiger partial charge is 0.0540 e. The fourth-order valence-corrected chi connectivity index (χ4v) is 7.18. The van der Waals surface area contributed by atoms with Crippen molar-refractivity contribution in [2.75, 3.05) is 4.90 Å². The zero-order valence-electron chi connectivity index (χ0n) is 25.8. The molecule has 0 saturated carbocycles. The Morgan fingerprint density at radius 2 is 0.851 bits per heavy atom. The summed E-state index contributed by atoms with van der Waals surface area (Å²) in [6.07, 6.45) is 0. The first-order valence-electron chi connectivity index (χ1n) is 16.2. The predicted molar refractivity (Wildman–Crippen MR) is 202 cm³/mol. The van der Waals surface area contributed by atoms with Crippen LogP contribution < -0.4 is 4.90 Å². The van der Waals surface area contributed by atoms with E-state index in [1.165, 1.54) is 65.3 Å². The molecule has 0 amide bonds. The van der Waals surface area contributed by atoms with Gasteiger partial charge in [-0.15, -0.1) is 0 Å². The maximum atomic E-state index is 2.42. The lowest BCUT2D eigenvalue weighted by Crippen LogP contribution is -2.11. The molecule has 0 N–H and O–H groups in total. The van der Waals surface area contributed by atoms with Crippen molar-refractivity contribution in [1.29, 1.82) is 0 Å². The lowest BCUT2D eigenvalue weighted by molar-refractivity contribution is 1.29. The standard InChI is InChI=1S/C46H31N/c1-2-14-35-30-38(29-24-32(35)12-1)47(37-27-25-34(26-28-37)40-22-11-16-33-13-3-5-17-39(33)40)46-23-10-9-21-44(46)45-31-36-15-4-6-18-41(36)42-19-7-8-20-43(42)45/h1-31H. The minimum absolute atomic E-state index is 1.11. The average Bonchev–Trinajstić information content (AvgIpc) is 3.15. The van der Waals surface area contributed by atoms with Gasteiger partial charge in [-0.05, 0) is 96.2 Å². The first-order chi connectivity index (χ1) is 23.3. The number of nitrogens with zero attached hydrogens (tertiary/aromatic N) is 1. The highest BCUT2D eigenvalue weighted by molar-refractivity contribution is 6.15. The quantitative estimate of drug-likeness (QED) is 0.178. The van der Waals surface area contributed by atoms with Crippen molar-refractivity contribution in [3.63, 3.8) is 0 Å². The molecule has 220 valence electrons. The van der Waals surface area contributed by atoms with E-state index in [-0.39, 0.29) is 0 Å². The summed E-state index contributed by atoms with van der Waals surface area (Å²) in [4.78, 5) is 2.42. The summed E-state index contributed by atoms with van der Waals surface area (Å²) in [5.74, 6) is 0. The molecule has 0 atom stereocenters. The fraction of sp³-hybridized carbons (Fsp3) is 0. The van der Waals surface area contributed by atoms with Gasteiger partial charge in [0.2, 0.25) is 0 Å². The van der Waals surface area contributed by atoms with Gasteiger partial charge in [0.15, 0.2) is 0 Å². The molecule has 0 bridgehead atoms. The first kappa shape index (κ1) is 27.2. The van der Waals surface area contributed by atoms with E-state index in [0.717, 1.165) is 17.1 Å². The number of hydrogen-bond acceptors (Lipinski definition) is 1. The number of rotatable bonds is 5. The summed E-state index contributed by atoms with van der Waals surface area (Å²) in [7, 11) is 0. The Balaban J connectivity index is 1.26. The molecule has 0 aliphatic rings. The van der Waals surface area contributed by atoms with Gasteiger partial charge in [0.25, 0.3) is 0 Å². The molecule has 0 aliphatic carbocycles. The Kier molecular flexibility index (Phi) is 6.54. The normalized spacial score (nSPS) is 11.4. The molecule has 1 nitrogen and oxygen atoms in total. The van der Waals surface area contributed by atoms with E-state index in [1.807, 2.05) is 0 Å². The van der Waals surface area contributed by atoms with Crippen molar-refractivity contribution < 1.29 is 0 Å². The van der Waals surface area contributed by atoms with Crippen LogP contribution in [0.1, 0.15) is 0 Å². The molecule has 9 aromatic carbocycles. The Hall–Kier alpha value is -6.18. The number of benzene rings is 9. The molecule has 47 heavy (non-hydrogen) atoms. The number of hydrogen-bond donors (Lipinski definition) is 0. The highest BCUT2D eigenvalue weighted by atomic mass is 15.1. The Morgan fingerprint density at radius 3 is 1.68 bits per heavy atom. The summed E-state index contributed by atoms with van der Waals surface area (Å²) in [6, 6.07) is 68.3. The van der Waals surface area contributed by atoms with Crippen LogP contribution in [0.2, 0.25) is 0 Å². The molecule has 0 radical (unpaired) electrons. The van der Waals surface area contributed by atoms with Gasteiger partial charge in [-0.3, -0.25) is 0 Å². The molecule has 0 aliphatic heterocycles. The third-order valence-electron chi connectivity index (χ3n) is 9.42. The molecular weight excluding hydrogens is 567 g/mol. The van der Waals surface area contributed by atoms with Crippen LogP contribution in [0.3, 0.4) is 0 Å². The molecular formula is C46H31N. The van der Waals surface area contributed by atoms with Gasteiger partial charge >= 0.3 is 0 Å². The maximum Gasteiger partial charge on any atom is 0.0540 e. The van der Waals surface area contributed by atoms with Crippen molar-refractivity contribution in [3.8, 4) is 22.3 Å². The van der Waals surface area contributed by atoms with E-state index in [0.29, 0.717) is 0 Å². The van der Waals surface area contributed by atoms with Crippen LogP contribution in [0.5, 0.6) is 0 Å². The van der Waals surface area contributed by atoms with Gasteiger partial charge in [0, 0.05) is 16.9 Å². The fourth-order valence-electron chi connectivity index (χ4n) is 7.18. The minimum Gasteiger partial charge on any atom is -0.310 e. The number of fused-ring (bicyclic) bond motifs is 5. The monoisotopic (exact) mass is 597 g/mol. The van der Waals surface area contributed by atoms with Crippen LogP contribution in [-0.2, 0) is 0 Å². The van der Waals surface area contributed by atoms with E-state index in [1.54, 1.807) is 0 Å². The van der Waals surface area contributed by atoms with Crippen LogP contribution >= 0.6 is 0 Å². The average molecular weight is 598 g/mol. The topological polar surface area (TPSA) is 3.24 Å². The molecule has 0 saturated heterocycles. The third-order valence-corrected chi connectivity index (χ3v) is 9.42. The van der Waals surface area contributed by atoms with Gasteiger partial charge in [-0.2, -0.15) is 0 Å². The third kappa shape index (κ3) is 4.72. The second kappa shape index (κ2) is 11.3. The minimum atomic E-state index is 1.11. The summed E-state index contributed by atoms with van der Waals surface area (Å²) in [5.41, 5.74) is 8.25. The molecule has 0 aromatic heterocycles. The van der Waals surface area contributed by atoms with Gasteiger partial charge in [-0.25, -0.2) is 0 Å². The predicted octanol–water partition coefficient (Wildman–Crippen LogP) is 13.1. The highest BCUT2D eigenvalue weighted by Gasteiger charge is 2.19. The van der Waals surface area contributed by atoms with E-state index in [4.69, 9.17) is 0 Å². The summed E-state index contributed by atoms with van der Waals surface area (Å²) < 4.78 is 0. The van der Waals surface area contributed by atoms with Gasteiger partial charge in [0.1, 0.15) is 0 Å². The lowest BCUT2D eigenvalue weighted by atomic mass is 9.92. The second-order valence-corrected chi connectivity index (χ2v) is 12.1. The molecule has 1 heteroatoms. The van der Waals surface area contributed by atoms with Gasteiger partial charge in [0.05, 0.1) is 5.69 Å². The lowest BCUT2D eigenvalue weighted by Gasteiger charge is -2.29. The Bertz CT molecular complexity index is 2570. The Morgan fingerprint density at radius 1 is 0.277 bits per heavy atom. The van der Waals surface area contributed by atoms with Crippen LogP contribution in [0.4, 0.5) is 17.1 Å². The number of para-hydroxylation sites is 1. The zero-order chi connectivity index (χ0) is 31.2. The van der Waals surface area contributed by atoms with Gasteiger partial charge < -0.3 is 4.90 Å². The second-order valence-electron chi connectivity index (χ2n) is 12.1. The number of anilines is 3. The van der Waals surface area contributed by atoms with Crippen molar-refractivity contribution >= 4 is 60.2 Å². The summed E-state index contributed by atoms with van der Waals surface area (Å²) >= 11 is 0. The summed E-state index contributed by atoms with van der Waals surface area (Å²) in [6.45, 7) is 0. The van der Waals surface area contributed by atoms with E-state index >= 15 is 0 Å². The van der Waals surface area contributed by atoms with E-state index < -0.39 is 0 Å². The molecule has 9 aromatic rings.